The Hall–Kier alpha value is -2.86. The summed E-state index contributed by atoms with van der Waals surface area (Å²) >= 11 is 0. The van der Waals surface area contributed by atoms with Gasteiger partial charge in [0.1, 0.15) is 0 Å². The van der Waals surface area contributed by atoms with Crippen molar-refractivity contribution in [1.82, 2.24) is 0 Å². The van der Waals surface area contributed by atoms with Crippen molar-refractivity contribution in [2.24, 2.45) is 10.8 Å². The van der Waals surface area contributed by atoms with E-state index in [-0.39, 0.29) is 0 Å². The van der Waals surface area contributed by atoms with Crippen molar-refractivity contribution in [3.8, 4) is 0 Å². The molecule has 0 heteroatoms. The van der Waals surface area contributed by atoms with Crippen LogP contribution in [-0.2, 0) is 0 Å². The Morgan fingerprint density at radius 1 is 0.548 bits per heavy atom. The predicted molar refractivity (Wildman–Crippen MR) is 193 cm³/mol. The fourth-order valence-corrected chi connectivity index (χ4v) is 5.67. The number of hydrogen-bond acceptors (Lipinski definition) is 0. The highest BCUT2D eigenvalue weighted by Crippen LogP contribution is 2.41. The molecule has 2 aliphatic carbocycles. The van der Waals surface area contributed by atoms with Crippen molar-refractivity contribution in [3.05, 3.63) is 130 Å². The summed E-state index contributed by atoms with van der Waals surface area (Å²) < 4.78 is 0. The lowest BCUT2D eigenvalue weighted by atomic mass is 9.72. The minimum Gasteiger partial charge on any atom is -0.0877 e. The molecule has 0 amide bonds. The van der Waals surface area contributed by atoms with Gasteiger partial charge in [0.2, 0.25) is 0 Å². The zero-order valence-corrected chi connectivity index (χ0v) is 29.3. The molecule has 2 rings (SSSR count). The second-order valence-corrected chi connectivity index (χ2v) is 13.8. The molecule has 0 aromatic heterocycles. The van der Waals surface area contributed by atoms with Gasteiger partial charge in [-0.1, -0.05) is 146 Å². The lowest BCUT2D eigenvalue weighted by molar-refractivity contribution is 0.376. The monoisotopic (exact) mass is 566 g/mol. The SMILES string of the molecule is C/C=C/C=C(C)/C=C/C1=C(C)CCCC1(C)C.CC(C)=C/C=C/C=C(C)/C=C/C=C(C)/C=C/C1=C(C)CCCC1(C)C. The summed E-state index contributed by atoms with van der Waals surface area (Å²) in [5, 5.41) is 0. The Bertz CT molecular complexity index is 1210. The number of rotatable bonds is 9. The third kappa shape index (κ3) is 14.4. The predicted octanol–water partition coefficient (Wildman–Crippen LogP) is 13.6. The van der Waals surface area contributed by atoms with Gasteiger partial charge in [0, 0.05) is 0 Å². The van der Waals surface area contributed by atoms with Crippen molar-refractivity contribution >= 4 is 0 Å². The van der Waals surface area contributed by atoms with Gasteiger partial charge in [-0.3, -0.25) is 0 Å². The topological polar surface area (TPSA) is 0 Å². The van der Waals surface area contributed by atoms with Crippen LogP contribution in [-0.4, -0.2) is 0 Å². The molecule has 0 unspecified atom stereocenters. The van der Waals surface area contributed by atoms with Crippen LogP contribution < -0.4 is 0 Å². The molecule has 0 atom stereocenters. The Labute approximate surface area is 261 Å². The summed E-state index contributed by atoms with van der Waals surface area (Å²) in [5.41, 5.74) is 12.0. The minimum atomic E-state index is 0.311. The molecule has 0 radical (unpaired) electrons. The van der Waals surface area contributed by atoms with E-state index >= 15 is 0 Å². The first kappa shape index (κ1) is 37.2. The molecule has 0 aromatic rings. The van der Waals surface area contributed by atoms with E-state index in [0.717, 1.165) is 0 Å². The third-order valence-electron chi connectivity index (χ3n) is 8.28. The van der Waals surface area contributed by atoms with Gasteiger partial charge in [-0.15, -0.1) is 0 Å². The molecule has 0 saturated heterocycles. The molecule has 0 nitrogen and oxygen atoms in total. The molecule has 0 N–H and O–H groups in total. The Morgan fingerprint density at radius 3 is 1.38 bits per heavy atom. The molecule has 0 heterocycles. The first-order valence-electron chi connectivity index (χ1n) is 16.1. The van der Waals surface area contributed by atoms with Crippen molar-refractivity contribution < 1.29 is 0 Å². The summed E-state index contributed by atoms with van der Waals surface area (Å²) in [4.78, 5) is 0. The molecule has 0 aliphatic heterocycles. The highest BCUT2D eigenvalue weighted by Gasteiger charge is 2.27. The maximum atomic E-state index is 2.37. The van der Waals surface area contributed by atoms with E-state index in [4.69, 9.17) is 0 Å². The highest BCUT2D eigenvalue weighted by atomic mass is 14.3. The van der Waals surface area contributed by atoms with Crippen LogP contribution in [0.15, 0.2) is 130 Å². The summed E-state index contributed by atoms with van der Waals surface area (Å²) in [6.45, 7) is 26.7. The first-order valence-corrected chi connectivity index (χ1v) is 16.1. The van der Waals surface area contributed by atoms with Gasteiger partial charge in [0.25, 0.3) is 0 Å². The van der Waals surface area contributed by atoms with Crippen LogP contribution in [0.25, 0.3) is 0 Å². The molecule has 0 spiro atoms. The summed E-state index contributed by atoms with van der Waals surface area (Å²) in [7, 11) is 0. The van der Waals surface area contributed by atoms with Crippen LogP contribution >= 0.6 is 0 Å². The molecule has 0 saturated carbocycles. The lowest BCUT2D eigenvalue weighted by Gasteiger charge is -2.33. The average Bonchev–Trinajstić information content (AvgIpc) is 2.89. The Morgan fingerprint density at radius 2 is 0.952 bits per heavy atom. The molecule has 230 valence electrons. The minimum absolute atomic E-state index is 0.311. The summed E-state index contributed by atoms with van der Waals surface area (Å²) in [6.07, 6.45) is 38.1. The van der Waals surface area contributed by atoms with Crippen molar-refractivity contribution in [2.45, 2.75) is 122 Å². The lowest BCUT2D eigenvalue weighted by Crippen LogP contribution is -2.19. The van der Waals surface area contributed by atoms with Crippen molar-refractivity contribution in [1.29, 1.82) is 0 Å². The van der Waals surface area contributed by atoms with E-state index in [1.54, 1.807) is 11.1 Å². The van der Waals surface area contributed by atoms with Gasteiger partial charge >= 0.3 is 0 Å². The number of hydrogen-bond donors (Lipinski definition) is 0. The molecule has 0 aromatic carbocycles. The third-order valence-corrected chi connectivity index (χ3v) is 8.28. The van der Waals surface area contributed by atoms with E-state index in [1.165, 1.54) is 72.0 Å². The fourth-order valence-electron chi connectivity index (χ4n) is 5.67. The molecule has 0 bridgehead atoms. The van der Waals surface area contributed by atoms with Gasteiger partial charge in [0.05, 0.1) is 0 Å². The average molecular weight is 567 g/mol. The highest BCUT2D eigenvalue weighted by molar-refractivity contribution is 5.38. The largest absolute Gasteiger partial charge is 0.0877 e. The molecular formula is C42H62. The van der Waals surface area contributed by atoms with Gasteiger partial charge < -0.3 is 0 Å². The fraction of sp³-hybridized carbons (Fsp3) is 0.476. The molecular weight excluding hydrogens is 504 g/mol. The zero-order valence-electron chi connectivity index (χ0n) is 29.3. The quantitative estimate of drug-likeness (QED) is 0.243. The molecule has 0 fully saturated rings. The van der Waals surface area contributed by atoms with Crippen LogP contribution in [0.4, 0.5) is 0 Å². The first-order chi connectivity index (χ1) is 19.7. The normalized spacial score (nSPS) is 20.4. The van der Waals surface area contributed by atoms with E-state index in [2.05, 4.69) is 161 Å². The van der Waals surface area contributed by atoms with Crippen LogP contribution in [0.5, 0.6) is 0 Å². The number of allylic oxidation sites excluding steroid dienone is 22. The van der Waals surface area contributed by atoms with Crippen LogP contribution in [0.3, 0.4) is 0 Å². The van der Waals surface area contributed by atoms with Gasteiger partial charge in [-0.2, -0.15) is 0 Å². The van der Waals surface area contributed by atoms with Crippen molar-refractivity contribution in [2.75, 3.05) is 0 Å². The second-order valence-electron chi connectivity index (χ2n) is 13.8. The van der Waals surface area contributed by atoms with E-state index < -0.39 is 0 Å². The van der Waals surface area contributed by atoms with E-state index in [1.807, 2.05) is 6.92 Å². The molecule has 2 aliphatic rings. The van der Waals surface area contributed by atoms with Gasteiger partial charge in [-0.05, 0) is 116 Å². The summed E-state index contributed by atoms with van der Waals surface area (Å²) in [6, 6.07) is 0. The van der Waals surface area contributed by atoms with E-state index in [9.17, 15) is 0 Å². The summed E-state index contributed by atoms with van der Waals surface area (Å²) in [5.74, 6) is 0. The van der Waals surface area contributed by atoms with Gasteiger partial charge in [-0.25, -0.2) is 0 Å². The maximum absolute atomic E-state index is 2.37. The maximum Gasteiger partial charge on any atom is -0.0104 e. The van der Waals surface area contributed by atoms with Crippen LogP contribution in [0.1, 0.15) is 122 Å². The smallest absolute Gasteiger partial charge is 0.0104 e. The van der Waals surface area contributed by atoms with Crippen LogP contribution in [0.2, 0.25) is 0 Å². The standard InChI is InChI=1S/C25H36.C17H26/c1-20(2)12-8-9-13-21(3)14-10-15-22(4)17-18-24-23(5)16-11-19-25(24,6)7;1-6-7-9-14(2)11-12-16-15(3)10-8-13-17(16,4)5/h8-10,12-15,17-18H,11,16,19H2,1-7H3;6-7,9,11-12H,8,10,13H2,1-5H3/b9-8+,14-10+,18-17+,21-13+,22-15+;7-6+,12-11+,14-9+. The Balaban J connectivity index is 0.000000452. The molecule has 42 heavy (non-hydrogen) atoms. The van der Waals surface area contributed by atoms with E-state index in [0.29, 0.717) is 10.8 Å². The van der Waals surface area contributed by atoms with Crippen molar-refractivity contribution in [3.63, 3.8) is 0 Å². The Kier molecular flexibility index (Phi) is 16.5. The zero-order chi connectivity index (χ0) is 31.8. The van der Waals surface area contributed by atoms with Gasteiger partial charge in [0.15, 0.2) is 0 Å². The van der Waals surface area contributed by atoms with Crippen LogP contribution in [0, 0.1) is 10.8 Å². The second kappa shape index (κ2) is 18.6.